The van der Waals surface area contributed by atoms with Crippen LogP contribution in [-0.2, 0) is 8.85 Å². The maximum absolute atomic E-state index is 7.64. The summed E-state index contributed by atoms with van der Waals surface area (Å²) in [6.07, 6.45) is 4.34. The topological polar surface area (TPSA) is 88.1 Å². The summed E-state index contributed by atoms with van der Waals surface area (Å²) in [4.78, 5) is 13.5. The van der Waals surface area contributed by atoms with Gasteiger partial charge in [0.1, 0.15) is 11.8 Å². The predicted molar refractivity (Wildman–Crippen MR) is 218 cm³/mol. The van der Waals surface area contributed by atoms with Crippen molar-refractivity contribution in [3.63, 3.8) is 0 Å². The van der Waals surface area contributed by atoms with Crippen LogP contribution in [0, 0.1) is 11.8 Å². The van der Waals surface area contributed by atoms with Crippen molar-refractivity contribution in [2.24, 2.45) is 11.8 Å². The minimum atomic E-state index is -2.80. The Morgan fingerprint density at radius 3 is 1.46 bits per heavy atom. The largest absolute Gasteiger partial charge is 0.407 e. The lowest BCUT2D eigenvalue weighted by molar-refractivity contribution is 0.00314. The van der Waals surface area contributed by atoms with Crippen molar-refractivity contribution < 1.29 is 8.85 Å². The maximum Gasteiger partial charge on any atom is 0.261 e. The molecule has 1 aliphatic carbocycles. The van der Waals surface area contributed by atoms with Gasteiger partial charge in [0.15, 0.2) is 11.5 Å². The molecule has 2 N–H and O–H groups in total. The predicted octanol–water partition coefficient (Wildman–Crippen LogP) is 6.74. The molecule has 6 aromatic rings. The van der Waals surface area contributed by atoms with E-state index in [1.165, 1.54) is 27.1 Å². The van der Waals surface area contributed by atoms with Crippen molar-refractivity contribution >= 4 is 54.4 Å². The first-order valence-electron chi connectivity index (χ1n) is 18.4. The molecule has 52 heavy (non-hydrogen) atoms. The summed E-state index contributed by atoms with van der Waals surface area (Å²) in [5.74, 6) is 0.796. The monoisotopic (exact) mass is 725 g/mol. The van der Waals surface area contributed by atoms with E-state index < -0.39 is 16.6 Å². The molecule has 0 amide bonds. The highest BCUT2D eigenvalue weighted by Crippen LogP contribution is 2.48. The first-order chi connectivity index (χ1) is 25.0. The highest BCUT2D eigenvalue weighted by molar-refractivity contribution is 7.00. The van der Waals surface area contributed by atoms with Crippen LogP contribution in [0.5, 0.6) is 0 Å². The summed E-state index contributed by atoms with van der Waals surface area (Å²) >= 11 is 0. The molecule has 1 aliphatic rings. The number of nitrogens with zero attached hydrogens (tertiary/aromatic N) is 4. The van der Waals surface area contributed by atoms with E-state index in [4.69, 9.17) is 14.6 Å². The Labute approximate surface area is 310 Å². The van der Waals surface area contributed by atoms with Crippen molar-refractivity contribution in [3.8, 4) is 0 Å². The van der Waals surface area contributed by atoms with Gasteiger partial charge in [-0.1, -0.05) is 163 Å². The van der Waals surface area contributed by atoms with Crippen LogP contribution in [0.25, 0.3) is 11.2 Å². The second kappa shape index (κ2) is 14.2. The SMILES string of the molecule is CC(C)(C)[Si](OC[C@H]1C[C@H](n2cnc3c(N)ncnc32)[C@@H]1CO[Si](c1ccccc1)(c1ccccc1)C(C)(C)C)(c1ccccc1)c1ccccc1. The molecule has 1 fully saturated rings. The van der Waals surface area contributed by atoms with Gasteiger partial charge in [-0.05, 0) is 43.2 Å². The Balaban J connectivity index is 1.29. The van der Waals surface area contributed by atoms with Crippen LogP contribution in [-0.4, -0.2) is 49.4 Å². The highest BCUT2D eigenvalue weighted by atomic mass is 28.4. The first-order valence-corrected chi connectivity index (χ1v) is 22.2. The van der Waals surface area contributed by atoms with Crippen molar-refractivity contribution in [3.05, 3.63) is 134 Å². The fourth-order valence-electron chi connectivity index (χ4n) is 8.63. The van der Waals surface area contributed by atoms with E-state index in [-0.39, 0.29) is 28.0 Å². The number of benzene rings is 4. The Bertz CT molecular complexity index is 2000. The van der Waals surface area contributed by atoms with E-state index in [9.17, 15) is 0 Å². The second-order valence-electron chi connectivity index (χ2n) is 16.3. The molecular weight excluding hydrogens is 675 g/mol. The molecule has 2 aromatic heterocycles. The summed E-state index contributed by atoms with van der Waals surface area (Å²) in [6.45, 7) is 15.2. The Morgan fingerprint density at radius 2 is 1.04 bits per heavy atom. The fourth-order valence-corrected chi connectivity index (χ4v) is 17.8. The zero-order chi connectivity index (χ0) is 36.6. The number of fused-ring (bicyclic) bond motifs is 1. The molecule has 7 nitrogen and oxygen atoms in total. The Kier molecular flexibility index (Phi) is 9.82. The van der Waals surface area contributed by atoms with Crippen LogP contribution in [0.4, 0.5) is 5.82 Å². The molecule has 0 saturated heterocycles. The molecule has 268 valence electrons. The zero-order valence-corrected chi connectivity index (χ0v) is 33.2. The second-order valence-corrected chi connectivity index (χ2v) is 24.9. The third-order valence-electron chi connectivity index (χ3n) is 11.2. The molecule has 0 radical (unpaired) electrons. The molecule has 7 rings (SSSR count). The summed E-state index contributed by atoms with van der Waals surface area (Å²) in [7, 11) is -5.55. The van der Waals surface area contributed by atoms with Crippen molar-refractivity contribution in [2.45, 2.75) is 64.1 Å². The van der Waals surface area contributed by atoms with E-state index >= 15 is 0 Å². The van der Waals surface area contributed by atoms with Crippen LogP contribution in [0.3, 0.4) is 0 Å². The van der Waals surface area contributed by atoms with Gasteiger partial charge >= 0.3 is 0 Å². The number of nitrogen functional groups attached to an aromatic ring is 1. The minimum absolute atomic E-state index is 0.116. The molecule has 0 unspecified atom stereocenters. The Morgan fingerprint density at radius 1 is 0.615 bits per heavy atom. The van der Waals surface area contributed by atoms with Gasteiger partial charge in [0.05, 0.1) is 6.33 Å². The molecular formula is C43H51N5O2Si2. The Hall–Kier alpha value is -4.42. The lowest BCUT2D eigenvalue weighted by Crippen LogP contribution is -2.68. The van der Waals surface area contributed by atoms with Crippen LogP contribution in [0.15, 0.2) is 134 Å². The van der Waals surface area contributed by atoms with Crippen LogP contribution < -0.4 is 26.5 Å². The molecule has 0 aliphatic heterocycles. The number of hydrogen-bond donors (Lipinski definition) is 1. The maximum atomic E-state index is 7.64. The van der Waals surface area contributed by atoms with Crippen LogP contribution >= 0.6 is 0 Å². The fraction of sp³-hybridized carbons (Fsp3) is 0.326. The zero-order valence-electron chi connectivity index (χ0n) is 31.2. The average Bonchev–Trinajstić information content (AvgIpc) is 3.56. The van der Waals surface area contributed by atoms with Gasteiger partial charge in [0.25, 0.3) is 16.6 Å². The number of nitrogens with two attached hydrogens (primary N) is 1. The lowest BCUT2D eigenvalue weighted by atomic mass is 9.70. The van der Waals surface area contributed by atoms with E-state index in [1.54, 1.807) is 0 Å². The summed E-state index contributed by atoms with van der Waals surface area (Å²) in [5, 5.41) is 4.88. The molecule has 1 saturated carbocycles. The van der Waals surface area contributed by atoms with E-state index in [1.807, 2.05) is 6.33 Å². The van der Waals surface area contributed by atoms with E-state index in [0.29, 0.717) is 24.5 Å². The minimum Gasteiger partial charge on any atom is -0.407 e. The van der Waals surface area contributed by atoms with Gasteiger partial charge in [0, 0.05) is 25.2 Å². The number of hydrogen-bond acceptors (Lipinski definition) is 6. The molecule has 4 aromatic carbocycles. The van der Waals surface area contributed by atoms with Gasteiger partial charge in [-0.3, -0.25) is 0 Å². The van der Waals surface area contributed by atoms with Crippen molar-refractivity contribution in [2.75, 3.05) is 18.9 Å². The van der Waals surface area contributed by atoms with Crippen LogP contribution in [0.2, 0.25) is 10.1 Å². The molecule has 2 heterocycles. The normalized spacial score (nSPS) is 18.3. The van der Waals surface area contributed by atoms with Gasteiger partial charge in [-0.15, -0.1) is 0 Å². The number of imidazole rings is 1. The first kappa shape index (κ1) is 36.0. The van der Waals surface area contributed by atoms with E-state index in [2.05, 4.69) is 182 Å². The average molecular weight is 726 g/mol. The molecule has 0 bridgehead atoms. The van der Waals surface area contributed by atoms with Gasteiger partial charge in [0.2, 0.25) is 0 Å². The summed E-state index contributed by atoms with van der Waals surface area (Å²) in [6, 6.07) is 43.7. The van der Waals surface area contributed by atoms with Gasteiger partial charge in [-0.2, -0.15) is 0 Å². The smallest absolute Gasteiger partial charge is 0.261 e. The molecule has 0 spiro atoms. The number of aromatic nitrogens is 4. The summed E-state index contributed by atoms with van der Waals surface area (Å²) in [5.41, 5.74) is 7.67. The standard InChI is InChI=1S/C43H51N5O2Si2/c1-42(2,3)51(33-19-11-7-12-20-33,34-21-13-8-14-22-34)49-28-32-27-38(48-31-47-39-40(44)45-30-46-41(39)48)37(32)29-50-52(43(4,5)6,35-23-15-9-16-24-35)36-25-17-10-18-26-36/h7-26,30-32,37-38H,27-29H2,1-6H3,(H2,44,45,46)/t32-,37-,38+/m1/s1. The quantitative estimate of drug-likeness (QED) is 0.149. The van der Waals surface area contributed by atoms with Crippen LogP contribution in [0.1, 0.15) is 54.0 Å². The third kappa shape index (κ3) is 6.23. The molecule has 3 atom stereocenters. The lowest BCUT2D eigenvalue weighted by Gasteiger charge is -2.51. The van der Waals surface area contributed by atoms with Crippen molar-refractivity contribution in [1.82, 2.24) is 19.5 Å². The van der Waals surface area contributed by atoms with E-state index in [0.717, 1.165) is 12.1 Å². The number of rotatable bonds is 11. The van der Waals surface area contributed by atoms with Gasteiger partial charge in [-0.25, -0.2) is 15.0 Å². The van der Waals surface area contributed by atoms with Crippen molar-refractivity contribution in [1.29, 1.82) is 0 Å². The third-order valence-corrected chi connectivity index (χ3v) is 21.2. The molecule has 9 heteroatoms. The summed E-state index contributed by atoms with van der Waals surface area (Å²) < 4.78 is 17.4. The van der Waals surface area contributed by atoms with Gasteiger partial charge < -0.3 is 19.2 Å². The number of anilines is 1. The highest BCUT2D eigenvalue weighted by Gasteiger charge is 2.54.